The number of nitrogens with zero attached hydrogens (tertiary/aromatic N) is 1. The Balaban J connectivity index is 2.14. The number of ketones is 1. The summed E-state index contributed by atoms with van der Waals surface area (Å²) < 4.78 is 5.49. The summed E-state index contributed by atoms with van der Waals surface area (Å²) in [7, 11) is 0. The van der Waals surface area contributed by atoms with Gasteiger partial charge in [-0.3, -0.25) is 14.9 Å². The molecule has 24 heavy (non-hydrogen) atoms. The first-order chi connectivity index (χ1) is 11.6. The van der Waals surface area contributed by atoms with E-state index in [9.17, 15) is 14.9 Å². The minimum Gasteiger partial charge on any atom is -0.487 e. The zero-order valence-electron chi connectivity index (χ0n) is 13.5. The molecule has 2 rings (SSSR count). The van der Waals surface area contributed by atoms with Crippen LogP contribution >= 0.6 is 0 Å². The molecule has 1 N–H and O–H groups in total. The second kappa shape index (κ2) is 8.79. The standard InChI is InChI=1S/C18H20N2O4/c1-2-19-11-6-12-24-17-10-9-15(13-16(17)20(22)23)18(21)14-7-4-3-5-8-14/h3-5,7-10,13,19H,2,6,11-12H2,1H3. The minimum absolute atomic E-state index is 0.182. The minimum atomic E-state index is -0.526. The van der Waals surface area contributed by atoms with Gasteiger partial charge in [0.05, 0.1) is 11.5 Å². The monoisotopic (exact) mass is 328 g/mol. The van der Waals surface area contributed by atoms with Crippen molar-refractivity contribution >= 4 is 11.5 Å². The highest BCUT2D eigenvalue weighted by Crippen LogP contribution is 2.29. The topological polar surface area (TPSA) is 81.5 Å². The molecule has 0 aromatic heterocycles. The normalized spacial score (nSPS) is 10.4. The van der Waals surface area contributed by atoms with Crippen molar-refractivity contribution in [2.45, 2.75) is 13.3 Å². The third-order valence-electron chi connectivity index (χ3n) is 3.46. The van der Waals surface area contributed by atoms with E-state index in [1.807, 2.05) is 13.0 Å². The van der Waals surface area contributed by atoms with Crippen LogP contribution in [0.2, 0.25) is 0 Å². The lowest BCUT2D eigenvalue weighted by molar-refractivity contribution is -0.385. The number of nitrogens with one attached hydrogen (secondary N) is 1. The highest BCUT2D eigenvalue weighted by Gasteiger charge is 2.19. The van der Waals surface area contributed by atoms with Gasteiger partial charge >= 0.3 is 5.69 Å². The van der Waals surface area contributed by atoms with Crippen LogP contribution in [0.4, 0.5) is 5.69 Å². The lowest BCUT2D eigenvalue weighted by Gasteiger charge is -2.08. The maximum atomic E-state index is 12.4. The van der Waals surface area contributed by atoms with Gasteiger partial charge in [-0.05, 0) is 31.6 Å². The van der Waals surface area contributed by atoms with Gasteiger partial charge in [-0.1, -0.05) is 37.3 Å². The molecule has 0 heterocycles. The molecule has 0 bridgehead atoms. The number of carbonyl (C=O) groups excluding carboxylic acids is 1. The van der Waals surface area contributed by atoms with E-state index in [1.54, 1.807) is 30.3 Å². The largest absolute Gasteiger partial charge is 0.487 e. The average Bonchev–Trinajstić information content (AvgIpc) is 2.61. The molecule has 0 aliphatic heterocycles. The SMILES string of the molecule is CCNCCCOc1ccc(C(=O)c2ccccc2)cc1[N+](=O)[O-]. The third kappa shape index (κ3) is 4.63. The molecule has 0 atom stereocenters. The molecule has 2 aromatic carbocycles. The highest BCUT2D eigenvalue weighted by molar-refractivity contribution is 6.09. The molecule has 0 amide bonds. The summed E-state index contributed by atoms with van der Waals surface area (Å²) >= 11 is 0. The first kappa shape index (κ1) is 17.6. The maximum absolute atomic E-state index is 12.4. The van der Waals surface area contributed by atoms with Crippen LogP contribution in [0.3, 0.4) is 0 Å². The van der Waals surface area contributed by atoms with Gasteiger partial charge in [0.2, 0.25) is 0 Å². The van der Waals surface area contributed by atoms with Gasteiger partial charge in [-0.25, -0.2) is 0 Å². The van der Waals surface area contributed by atoms with Gasteiger partial charge in [-0.2, -0.15) is 0 Å². The Hall–Kier alpha value is -2.73. The number of rotatable bonds is 9. The van der Waals surface area contributed by atoms with E-state index in [2.05, 4.69) is 5.32 Å². The number of hydrogen-bond acceptors (Lipinski definition) is 5. The van der Waals surface area contributed by atoms with Crippen LogP contribution in [0, 0.1) is 10.1 Å². The molecular formula is C18H20N2O4. The molecule has 6 heteroatoms. The Labute approximate surface area is 140 Å². The molecule has 0 unspecified atom stereocenters. The second-order valence-electron chi connectivity index (χ2n) is 5.19. The predicted octanol–water partition coefficient (Wildman–Crippen LogP) is 3.20. The number of ether oxygens (including phenoxy) is 1. The summed E-state index contributed by atoms with van der Waals surface area (Å²) in [5.41, 5.74) is 0.569. The Bertz CT molecular complexity index is 701. The van der Waals surface area contributed by atoms with Crippen molar-refractivity contribution in [3.8, 4) is 5.75 Å². The Kier molecular flexibility index (Phi) is 6.45. The lowest BCUT2D eigenvalue weighted by atomic mass is 10.0. The molecule has 6 nitrogen and oxygen atoms in total. The van der Waals surface area contributed by atoms with Gasteiger partial charge in [0.1, 0.15) is 0 Å². The van der Waals surface area contributed by atoms with Gasteiger partial charge in [0.15, 0.2) is 11.5 Å². The van der Waals surface area contributed by atoms with E-state index < -0.39 is 4.92 Å². The van der Waals surface area contributed by atoms with Crippen LogP contribution in [-0.2, 0) is 0 Å². The number of nitro benzene ring substituents is 1. The smallest absolute Gasteiger partial charge is 0.311 e. The second-order valence-corrected chi connectivity index (χ2v) is 5.19. The first-order valence-corrected chi connectivity index (χ1v) is 7.85. The number of hydrogen-bond donors (Lipinski definition) is 1. The number of carbonyl (C=O) groups is 1. The Morgan fingerprint density at radius 1 is 1.17 bits per heavy atom. The van der Waals surface area contributed by atoms with Crippen LogP contribution < -0.4 is 10.1 Å². The fourth-order valence-corrected chi connectivity index (χ4v) is 2.24. The van der Waals surface area contributed by atoms with E-state index in [4.69, 9.17) is 4.74 Å². The Morgan fingerprint density at radius 2 is 1.92 bits per heavy atom. The summed E-state index contributed by atoms with van der Waals surface area (Å²) in [5.74, 6) is -0.0708. The van der Waals surface area contributed by atoms with Crippen LogP contribution in [0.5, 0.6) is 5.75 Å². The van der Waals surface area contributed by atoms with E-state index in [-0.39, 0.29) is 22.8 Å². The van der Waals surface area contributed by atoms with Crippen molar-refractivity contribution in [2.75, 3.05) is 19.7 Å². The van der Waals surface area contributed by atoms with E-state index in [0.29, 0.717) is 12.2 Å². The van der Waals surface area contributed by atoms with E-state index in [0.717, 1.165) is 19.5 Å². The summed E-state index contributed by atoms with van der Waals surface area (Å²) in [5, 5.41) is 14.4. The van der Waals surface area contributed by atoms with Crippen molar-refractivity contribution in [1.82, 2.24) is 5.32 Å². The zero-order valence-corrected chi connectivity index (χ0v) is 13.5. The summed E-state index contributed by atoms with van der Waals surface area (Å²) in [4.78, 5) is 23.1. The fourth-order valence-electron chi connectivity index (χ4n) is 2.24. The van der Waals surface area contributed by atoms with Crippen molar-refractivity contribution in [2.24, 2.45) is 0 Å². The van der Waals surface area contributed by atoms with Crippen molar-refractivity contribution in [3.63, 3.8) is 0 Å². The van der Waals surface area contributed by atoms with E-state index >= 15 is 0 Å². The highest BCUT2D eigenvalue weighted by atomic mass is 16.6. The van der Waals surface area contributed by atoms with E-state index in [1.165, 1.54) is 12.1 Å². The summed E-state index contributed by atoms with van der Waals surface area (Å²) in [6.07, 6.45) is 0.746. The fraction of sp³-hybridized carbons (Fsp3) is 0.278. The third-order valence-corrected chi connectivity index (χ3v) is 3.46. The molecule has 0 aliphatic carbocycles. The van der Waals surface area contributed by atoms with Crippen LogP contribution in [0.1, 0.15) is 29.3 Å². The molecule has 0 saturated carbocycles. The number of nitro groups is 1. The van der Waals surface area contributed by atoms with Gasteiger partial charge in [0.25, 0.3) is 0 Å². The van der Waals surface area contributed by atoms with Crippen LogP contribution in [0.25, 0.3) is 0 Å². The zero-order chi connectivity index (χ0) is 17.4. The summed E-state index contributed by atoms with van der Waals surface area (Å²) in [6, 6.07) is 13.0. The molecule has 0 aliphatic rings. The molecule has 0 saturated heterocycles. The van der Waals surface area contributed by atoms with Crippen molar-refractivity contribution in [3.05, 3.63) is 69.8 Å². The Morgan fingerprint density at radius 3 is 2.58 bits per heavy atom. The molecular weight excluding hydrogens is 308 g/mol. The molecule has 0 spiro atoms. The predicted molar refractivity (Wildman–Crippen MR) is 91.6 cm³/mol. The van der Waals surface area contributed by atoms with Crippen LogP contribution in [0.15, 0.2) is 48.5 Å². The lowest BCUT2D eigenvalue weighted by Crippen LogP contribution is -2.16. The maximum Gasteiger partial charge on any atom is 0.311 e. The molecule has 0 fully saturated rings. The molecule has 126 valence electrons. The first-order valence-electron chi connectivity index (χ1n) is 7.85. The van der Waals surface area contributed by atoms with Gasteiger partial charge < -0.3 is 10.1 Å². The van der Waals surface area contributed by atoms with Gasteiger partial charge in [0, 0.05) is 17.2 Å². The summed E-state index contributed by atoms with van der Waals surface area (Å²) in [6.45, 7) is 4.04. The molecule has 2 aromatic rings. The average molecular weight is 328 g/mol. The van der Waals surface area contributed by atoms with Crippen molar-refractivity contribution in [1.29, 1.82) is 0 Å². The van der Waals surface area contributed by atoms with Gasteiger partial charge in [-0.15, -0.1) is 0 Å². The van der Waals surface area contributed by atoms with Crippen LogP contribution in [-0.4, -0.2) is 30.4 Å². The quantitative estimate of drug-likeness (QED) is 0.331. The van der Waals surface area contributed by atoms with Crippen molar-refractivity contribution < 1.29 is 14.5 Å². The molecule has 0 radical (unpaired) electrons. The number of benzene rings is 2.